The Morgan fingerprint density at radius 1 is 1.09 bits per heavy atom. The molecule has 2 aromatic carbocycles. The minimum Gasteiger partial charge on any atom is -0.465 e. The van der Waals surface area contributed by atoms with Crippen LogP contribution in [0.25, 0.3) is 21.9 Å². The molecule has 5 rings (SSSR count). The molecule has 182 valence electrons. The van der Waals surface area contributed by atoms with E-state index in [0.717, 1.165) is 60.5 Å². The van der Waals surface area contributed by atoms with E-state index in [2.05, 4.69) is 51.4 Å². The quantitative estimate of drug-likeness (QED) is 0.235. The lowest BCUT2D eigenvalue weighted by Crippen LogP contribution is -2.15. The standard InChI is InChI=1S/C28H33N5O2/c1-2-3-8-24-31-25-26(22-6-4-5-7-23(22)30-27(25)32-28(34)35)33(24)18-21-13-11-20(12-14-21)17-29-16-15-19-9-10-19/h4-7,11-14,19,29H,2-3,8-10,15-18H2,1H3,(H,30,32)(H,34,35). The molecule has 0 unspecified atom stereocenters. The normalized spacial score (nSPS) is 13.5. The summed E-state index contributed by atoms with van der Waals surface area (Å²) >= 11 is 0. The molecular weight excluding hydrogens is 438 g/mol. The molecule has 0 spiro atoms. The molecular formula is C28H33N5O2. The zero-order valence-electron chi connectivity index (χ0n) is 20.3. The SMILES string of the molecule is CCCCc1nc2c(NC(=O)O)nc3ccccc3c2n1Cc1ccc(CNCCC2CC2)cc1. The molecule has 1 saturated carbocycles. The summed E-state index contributed by atoms with van der Waals surface area (Å²) in [5, 5.41) is 16.4. The summed E-state index contributed by atoms with van der Waals surface area (Å²) < 4.78 is 2.24. The molecule has 2 heterocycles. The van der Waals surface area contributed by atoms with Crippen LogP contribution in [-0.4, -0.2) is 32.3 Å². The van der Waals surface area contributed by atoms with Gasteiger partial charge in [-0.1, -0.05) is 68.7 Å². The zero-order chi connectivity index (χ0) is 24.2. The Balaban J connectivity index is 1.47. The first-order valence-electron chi connectivity index (χ1n) is 12.7. The van der Waals surface area contributed by atoms with Crippen molar-refractivity contribution >= 4 is 33.8 Å². The topological polar surface area (TPSA) is 92.1 Å². The number of hydrogen-bond donors (Lipinski definition) is 3. The van der Waals surface area contributed by atoms with E-state index in [4.69, 9.17) is 4.98 Å². The van der Waals surface area contributed by atoms with Gasteiger partial charge in [0.25, 0.3) is 0 Å². The van der Waals surface area contributed by atoms with Gasteiger partial charge in [0, 0.05) is 24.9 Å². The lowest BCUT2D eigenvalue weighted by atomic mass is 10.1. The van der Waals surface area contributed by atoms with Crippen LogP contribution in [0, 0.1) is 5.92 Å². The predicted molar refractivity (Wildman–Crippen MR) is 140 cm³/mol. The van der Waals surface area contributed by atoms with Gasteiger partial charge >= 0.3 is 6.09 Å². The average Bonchev–Trinajstić information content (AvgIpc) is 3.61. The zero-order valence-corrected chi connectivity index (χ0v) is 20.3. The molecule has 0 atom stereocenters. The molecule has 0 saturated heterocycles. The first-order valence-corrected chi connectivity index (χ1v) is 12.7. The molecule has 1 aliphatic carbocycles. The molecule has 4 aromatic rings. The number of benzene rings is 2. The van der Waals surface area contributed by atoms with Gasteiger partial charge in [0.15, 0.2) is 5.82 Å². The molecule has 3 N–H and O–H groups in total. The van der Waals surface area contributed by atoms with Crippen LogP contribution in [0.2, 0.25) is 0 Å². The van der Waals surface area contributed by atoms with Gasteiger partial charge in [-0.2, -0.15) is 0 Å². The fourth-order valence-electron chi connectivity index (χ4n) is 4.66. The molecule has 35 heavy (non-hydrogen) atoms. The number of nitrogens with zero attached hydrogens (tertiary/aromatic N) is 3. The van der Waals surface area contributed by atoms with Crippen molar-refractivity contribution in [1.82, 2.24) is 19.9 Å². The van der Waals surface area contributed by atoms with E-state index < -0.39 is 6.09 Å². The fourth-order valence-corrected chi connectivity index (χ4v) is 4.66. The van der Waals surface area contributed by atoms with Gasteiger partial charge < -0.3 is 15.0 Å². The number of hydrogen-bond acceptors (Lipinski definition) is 4. The Hall–Kier alpha value is -3.45. The summed E-state index contributed by atoms with van der Waals surface area (Å²) in [5.41, 5.74) is 4.76. The van der Waals surface area contributed by atoms with Gasteiger partial charge in [-0.05, 0) is 42.5 Å². The summed E-state index contributed by atoms with van der Waals surface area (Å²) in [4.78, 5) is 20.9. The number of anilines is 1. The van der Waals surface area contributed by atoms with Crippen molar-refractivity contribution in [3.05, 3.63) is 65.5 Å². The van der Waals surface area contributed by atoms with Crippen molar-refractivity contribution in [2.45, 2.75) is 58.5 Å². The van der Waals surface area contributed by atoms with Crippen molar-refractivity contribution in [2.24, 2.45) is 5.92 Å². The summed E-state index contributed by atoms with van der Waals surface area (Å²) in [7, 11) is 0. The van der Waals surface area contributed by atoms with Crippen molar-refractivity contribution < 1.29 is 9.90 Å². The van der Waals surface area contributed by atoms with E-state index in [9.17, 15) is 9.90 Å². The molecule has 0 bridgehead atoms. The number of unbranched alkanes of at least 4 members (excludes halogenated alkanes) is 1. The monoisotopic (exact) mass is 471 g/mol. The van der Waals surface area contributed by atoms with Crippen LogP contribution < -0.4 is 10.6 Å². The maximum absolute atomic E-state index is 11.5. The molecule has 1 amide bonds. The summed E-state index contributed by atoms with van der Waals surface area (Å²) in [6.45, 7) is 4.82. The van der Waals surface area contributed by atoms with Crippen LogP contribution >= 0.6 is 0 Å². The number of fused-ring (bicyclic) bond motifs is 3. The van der Waals surface area contributed by atoms with Crippen molar-refractivity contribution in [3.63, 3.8) is 0 Å². The Morgan fingerprint density at radius 3 is 2.60 bits per heavy atom. The summed E-state index contributed by atoms with van der Waals surface area (Å²) in [6, 6.07) is 16.6. The van der Waals surface area contributed by atoms with Gasteiger partial charge in [0.1, 0.15) is 11.3 Å². The number of carboxylic acid groups (broad SMARTS) is 1. The van der Waals surface area contributed by atoms with E-state index in [1.54, 1.807) is 0 Å². The number of amides is 1. The van der Waals surface area contributed by atoms with Crippen molar-refractivity contribution in [2.75, 3.05) is 11.9 Å². The summed E-state index contributed by atoms with van der Waals surface area (Å²) in [5.74, 6) is 2.20. The van der Waals surface area contributed by atoms with E-state index >= 15 is 0 Å². The number of para-hydroxylation sites is 1. The Morgan fingerprint density at radius 2 is 1.86 bits per heavy atom. The second kappa shape index (κ2) is 10.4. The highest BCUT2D eigenvalue weighted by Crippen LogP contribution is 2.32. The number of carbonyl (C=O) groups is 1. The number of aryl methyl sites for hydroxylation is 1. The van der Waals surface area contributed by atoms with Crippen LogP contribution in [0.15, 0.2) is 48.5 Å². The molecule has 0 aliphatic heterocycles. The maximum Gasteiger partial charge on any atom is 0.410 e. The molecule has 7 heteroatoms. The van der Waals surface area contributed by atoms with Crippen LogP contribution in [0.5, 0.6) is 0 Å². The number of imidazole rings is 1. The van der Waals surface area contributed by atoms with Crippen LogP contribution in [-0.2, 0) is 19.5 Å². The van der Waals surface area contributed by atoms with Gasteiger partial charge in [-0.25, -0.2) is 14.8 Å². The number of aromatic nitrogens is 3. The molecule has 2 aromatic heterocycles. The fraction of sp³-hybridized carbons (Fsp3) is 0.393. The van der Waals surface area contributed by atoms with E-state index in [0.29, 0.717) is 12.1 Å². The molecule has 0 radical (unpaired) electrons. The highest BCUT2D eigenvalue weighted by atomic mass is 16.4. The third kappa shape index (κ3) is 5.46. The van der Waals surface area contributed by atoms with Crippen LogP contribution in [0.4, 0.5) is 10.6 Å². The third-order valence-electron chi connectivity index (χ3n) is 6.76. The first-order chi connectivity index (χ1) is 17.1. The number of pyridine rings is 1. The van der Waals surface area contributed by atoms with E-state index in [1.807, 2.05) is 24.3 Å². The molecule has 1 fully saturated rings. The van der Waals surface area contributed by atoms with Gasteiger partial charge in [0.05, 0.1) is 11.0 Å². The Kier molecular flexibility index (Phi) is 6.95. The number of rotatable bonds is 11. The minimum absolute atomic E-state index is 0.287. The smallest absolute Gasteiger partial charge is 0.410 e. The van der Waals surface area contributed by atoms with Gasteiger partial charge in [0.2, 0.25) is 0 Å². The lowest BCUT2D eigenvalue weighted by molar-refractivity contribution is 0.209. The van der Waals surface area contributed by atoms with Gasteiger partial charge in [-0.15, -0.1) is 0 Å². The summed E-state index contributed by atoms with van der Waals surface area (Å²) in [6.07, 6.45) is 5.85. The lowest BCUT2D eigenvalue weighted by Gasteiger charge is -2.12. The maximum atomic E-state index is 11.5. The molecule has 1 aliphatic rings. The van der Waals surface area contributed by atoms with Crippen LogP contribution in [0.3, 0.4) is 0 Å². The predicted octanol–water partition coefficient (Wildman–Crippen LogP) is 5.96. The molecule has 7 nitrogen and oxygen atoms in total. The second-order valence-electron chi connectivity index (χ2n) is 9.55. The van der Waals surface area contributed by atoms with E-state index in [1.165, 1.54) is 30.4 Å². The van der Waals surface area contributed by atoms with Crippen molar-refractivity contribution in [3.8, 4) is 0 Å². The first kappa shape index (κ1) is 23.3. The largest absolute Gasteiger partial charge is 0.465 e. The second-order valence-corrected chi connectivity index (χ2v) is 9.55. The Labute approximate surface area is 205 Å². The van der Waals surface area contributed by atoms with Crippen LogP contribution in [0.1, 0.15) is 56.0 Å². The number of nitrogens with one attached hydrogen (secondary N) is 2. The average molecular weight is 472 g/mol. The van der Waals surface area contributed by atoms with E-state index in [-0.39, 0.29) is 5.82 Å². The van der Waals surface area contributed by atoms with Crippen molar-refractivity contribution in [1.29, 1.82) is 0 Å². The Bertz CT molecular complexity index is 1320. The third-order valence-corrected chi connectivity index (χ3v) is 6.76. The highest BCUT2D eigenvalue weighted by molar-refractivity contribution is 6.08. The minimum atomic E-state index is -1.14. The van der Waals surface area contributed by atoms with Gasteiger partial charge in [-0.3, -0.25) is 5.32 Å². The highest BCUT2D eigenvalue weighted by Gasteiger charge is 2.20.